The van der Waals surface area contributed by atoms with Crippen molar-refractivity contribution in [2.75, 3.05) is 18.5 Å². The van der Waals surface area contributed by atoms with Crippen LogP contribution >= 0.6 is 11.3 Å². The van der Waals surface area contributed by atoms with Crippen molar-refractivity contribution in [3.63, 3.8) is 0 Å². The van der Waals surface area contributed by atoms with Crippen molar-refractivity contribution in [3.8, 4) is 17.0 Å². The molecule has 31 heavy (non-hydrogen) atoms. The molecule has 0 spiro atoms. The SMILES string of the molecule is CCOc1ccc(-c2csc(NC(=O)C(c3ccccc3)N3CCCCC3=O)n2)cc1. The Morgan fingerprint density at radius 1 is 1.16 bits per heavy atom. The molecule has 1 N–H and O–H groups in total. The number of benzene rings is 2. The van der Waals surface area contributed by atoms with Gasteiger partial charge in [-0.3, -0.25) is 14.9 Å². The van der Waals surface area contributed by atoms with Gasteiger partial charge in [0.25, 0.3) is 5.91 Å². The lowest BCUT2D eigenvalue weighted by atomic mass is 10.0. The number of rotatable bonds is 7. The highest BCUT2D eigenvalue weighted by Crippen LogP contribution is 2.30. The minimum atomic E-state index is -0.660. The molecule has 1 unspecified atom stereocenters. The highest BCUT2D eigenvalue weighted by molar-refractivity contribution is 7.14. The van der Waals surface area contributed by atoms with E-state index in [0.717, 1.165) is 35.4 Å². The third-order valence-electron chi connectivity index (χ3n) is 5.23. The van der Waals surface area contributed by atoms with E-state index in [4.69, 9.17) is 4.74 Å². The van der Waals surface area contributed by atoms with Crippen molar-refractivity contribution in [2.45, 2.75) is 32.2 Å². The second-order valence-corrected chi connectivity index (χ2v) is 8.20. The molecule has 0 aliphatic carbocycles. The lowest BCUT2D eigenvalue weighted by Crippen LogP contribution is -2.43. The lowest BCUT2D eigenvalue weighted by molar-refractivity contribution is -0.141. The maximum absolute atomic E-state index is 13.3. The van der Waals surface area contributed by atoms with Gasteiger partial charge in [-0.25, -0.2) is 4.98 Å². The van der Waals surface area contributed by atoms with E-state index in [1.807, 2.05) is 66.9 Å². The molecule has 1 fully saturated rings. The first kappa shape index (κ1) is 21.1. The summed E-state index contributed by atoms with van der Waals surface area (Å²) >= 11 is 1.37. The number of hydrogen-bond donors (Lipinski definition) is 1. The molecule has 7 heteroatoms. The van der Waals surface area contributed by atoms with Crippen molar-refractivity contribution in [2.24, 2.45) is 0 Å². The Labute approximate surface area is 185 Å². The summed E-state index contributed by atoms with van der Waals surface area (Å²) in [7, 11) is 0. The fourth-order valence-corrected chi connectivity index (χ4v) is 4.46. The molecule has 0 radical (unpaired) electrons. The van der Waals surface area contributed by atoms with Crippen LogP contribution in [-0.4, -0.2) is 34.8 Å². The first-order chi connectivity index (χ1) is 15.2. The molecule has 1 aromatic heterocycles. The number of nitrogens with zero attached hydrogens (tertiary/aromatic N) is 2. The van der Waals surface area contributed by atoms with E-state index in [1.54, 1.807) is 4.90 Å². The predicted molar refractivity (Wildman–Crippen MR) is 122 cm³/mol. The molecule has 1 atom stereocenters. The lowest BCUT2D eigenvalue weighted by Gasteiger charge is -2.33. The van der Waals surface area contributed by atoms with Gasteiger partial charge in [-0.05, 0) is 49.6 Å². The summed E-state index contributed by atoms with van der Waals surface area (Å²) in [5.41, 5.74) is 2.54. The maximum atomic E-state index is 13.3. The van der Waals surface area contributed by atoms with Gasteiger partial charge < -0.3 is 9.64 Å². The number of aromatic nitrogens is 1. The Morgan fingerprint density at radius 2 is 1.94 bits per heavy atom. The Kier molecular flexibility index (Phi) is 6.62. The zero-order valence-corrected chi connectivity index (χ0v) is 18.2. The van der Waals surface area contributed by atoms with Crippen LogP contribution in [0.1, 0.15) is 37.8 Å². The molecular weight excluding hydrogens is 410 g/mol. The molecule has 0 saturated carbocycles. The van der Waals surface area contributed by atoms with Gasteiger partial charge in [0.15, 0.2) is 5.13 Å². The standard InChI is InChI=1S/C24H25N3O3S/c1-2-30-19-13-11-17(12-14-19)20-16-31-24(25-20)26-23(29)22(18-8-4-3-5-9-18)27-15-7-6-10-21(27)28/h3-5,8-9,11-14,16,22H,2,6-7,10,15H2,1H3,(H,25,26,29). The van der Waals surface area contributed by atoms with Crippen molar-refractivity contribution in [1.82, 2.24) is 9.88 Å². The molecule has 2 aromatic carbocycles. The number of anilines is 1. The van der Waals surface area contributed by atoms with Crippen molar-refractivity contribution >= 4 is 28.3 Å². The van der Waals surface area contributed by atoms with E-state index >= 15 is 0 Å². The van der Waals surface area contributed by atoms with E-state index in [9.17, 15) is 9.59 Å². The summed E-state index contributed by atoms with van der Waals surface area (Å²) in [6.45, 7) is 3.15. The molecule has 2 heterocycles. The first-order valence-electron chi connectivity index (χ1n) is 10.5. The van der Waals surface area contributed by atoms with Crippen LogP contribution in [0, 0.1) is 0 Å². The number of ether oxygens (including phenoxy) is 1. The molecular formula is C24H25N3O3S. The number of piperidine rings is 1. The number of likely N-dealkylation sites (tertiary alicyclic amines) is 1. The van der Waals surface area contributed by atoms with Crippen molar-refractivity contribution in [1.29, 1.82) is 0 Å². The van der Waals surface area contributed by atoms with Gasteiger partial charge in [-0.1, -0.05) is 30.3 Å². The average Bonchev–Trinajstić information content (AvgIpc) is 3.25. The van der Waals surface area contributed by atoms with E-state index in [0.29, 0.717) is 24.7 Å². The smallest absolute Gasteiger partial charge is 0.253 e. The van der Waals surface area contributed by atoms with Crippen molar-refractivity contribution in [3.05, 3.63) is 65.5 Å². The zero-order chi connectivity index (χ0) is 21.6. The molecule has 2 amide bonds. The molecule has 160 valence electrons. The van der Waals surface area contributed by atoms with Gasteiger partial charge in [0.2, 0.25) is 5.91 Å². The van der Waals surface area contributed by atoms with Gasteiger partial charge in [-0.2, -0.15) is 0 Å². The van der Waals surface area contributed by atoms with Crippen LogP contribution in [0.15, 0.2) is 60.0 Å². The first-order valence-corrected chi connectivity index (χ1v) is 11.4. The number of hydrogen-bond acceptors (Lipinski definition) is 5. The third kappa shape index (κ3) is 4.94. The minimum Gasteiger partial charge on any atom is -0.494 e. The van der Waals surface area contributed by atoms with Crippen LogP contribution in [0.2, 0.25) is 0 Å². The van der Waals surface area contributed by atoms with Crippen LogP contribution in [0.4, 0.5) is 5.13 Å². The minimum absolute atomic E-state index is 0.0180. The van der Waals surface area contributed by atoms with Crippen LogP contribution in [0.3, 0.4) is 0 Å². The Morgan fingerprint density at radius 3 is 2.65 bits per heavy atom. The van der Waals surface area contributed by atoms with E-state index in [-0.39, 0.29) is 11.8 Å². The maximum Gasteiger partial charge on any atom is 0.253 e. The van der Waals surface area contributed by atoms with Crippen LogP contribution < -0.4 is 10.1 Å². The highest BCUT2D eigenvalue weighted by atomic mass is 32.1. The number of amides is 2. The second-order valence-electron chi connectivity index (χ2n) is 7.34. The highest BCUT2D eigenvalue weighted by Gasteiger charge is 2.33. The van der Waals surface area contributed by atoms with E-state index in [2.05, 4.69) is 10.3 Å². The summed E-state index contributed by atoms with van der Waals surface area (Å²) < 4.78 is 5.48. The number of nitrogens with one attached hydrogen (secondary N) is 1. The normalized spacial score (nSPS) is 14.9. The molecule has 6 nitrogen and oxygen atoms in total. The molecule has 3 aromatic rings. The molecule has 4 rings (SSSR count). The summed E-state index contributed by atoms with van der Waals surface area (Å²) in [5.74, 6) is 0.588. The van der Waals surface area contributed by atoms with Crippen LogP contribution in [-0.2, 0) is 9.59 Å². The van der Waals surface area contributed by atoms with Crippen LogP contribution in [0.5, 0.6) is 5.75 Å². The van der Waals surface area contributed by atoms with Crippen molar-refractivity contribution < 1.29 is 14.3 Å². The molecule has 0 bridgehead atoms. The molecule has 1 aliphatic rings. The Hall–Kier alpha value is -3.19. The summed E-state index contributed by atoms with van der Waals surface area (Å²) in [4.78, 5) is 32.1. The summed E-state index contributed by atoms with van der Waals surface area (Å²) in [6, 6.07) is 16.5. The fraction of sp³-hybridized carbons (Fsp3) is 0.292. The molecule has 1 saturated heterocycles. The number of thiazole rings is 1. The van der Waals surface area contributed by atoms with Gasteiger partial charge in [-0.15, -0.1) is 11.3 Å². The van der Waals surface area contributed by atoms with Crippen LogP contribution in [0.25, 0.3) is 11.3 Å². The summed E-state index contributed by atoms with van der Waals surface area (Å²) in [6.07, 6.45) is 2.26. The predicted octanol–water partition coefficient (Wildman–Crippen LogP) is 4.90. The molecule has 1 aliphatic heterocycles. The van der Waals surface area contributed by atoms with Gasteiger partial charge >= 0.3 is 0 Å². The van der Waals surface area contributed by atoms with E-state index in [1.165, 1.54) is 11.3 Å². The topological polar surface area (TPSA) is 71.5 Å². The Bertz CT molecular complexity index is 1030. The Balaban J connectivity index is 1.53. The van der Waals surface area contributed by atoms with E-state index < -0.39 is 6.04 Å². The van der Waals surface area contributed by atoms with Gasteiger partial charge in [0.05, 0.1) is 12.3 Å². The fourth-order valence-electron chi connectivity index (χ4n) is 3.73. The van der Waals surface area contributed by atoms with Gasteiger partial charge in [0, 0.05) is 23.9 Å². The zero-order valence-electron chi connectivity index (χ0n) is 17.4. The largest absolute Gasteiger partial charge is 0.494 e. The third-order valence-corrected chi connectivity index (χ3v) is 5.99. The number of carbonyl (C=O) groups excluding carboxylic acids is 2. The monoisotopic (exact) mass is 435 g/mol. The summed E-state index contributed by atoms with van der Waals surface area (Å²) in [5, 5.41) is 5.35. The average molecular weight is 436 g/mol. The quantitative estimate of drug-likeness (QED) is 0.573. The van der Waals surface area contributed by atoms with Gasteiger partial charge in [0.1, 0.15) is 11.8 Å². The second kappa shape index (κ2) is 9.75. The number of carbonyl (C=O) groups is 2.